The highest BCUT2D eigenvalue weighted by atomic mass is 79.9. The average Bonchev–Trinajstić information content (AvgIpc) is 2.63. The molecule has 0 atom stereocenters. The molecule has 0 heterocycles. The molecule has 0 aromatic heterocycles. The van der Waals surface area contributed by atoms with E-state index >= 15 is 0 Å². The summed E-state index contributed by atoms with van der Waals surface area (Å²) in [6.45, 7) is 0. The first-order valence-electron chi connectivity index (χ1n) is 7.75. The van der Waals surface area contributed by atoms with Crippen LogP contribution in [0.15, 0.2) is 81.7 Å². The molecular weight excluding hydrogens is 460 g/mol. The summed E-state index contributed by atoms with van der Waals surface area (Å²) >= 11 is 6.70. The smallest absolute Gasteiger partial charge is 0.255 e. The lowest BCUT2D eigenvalue weighted by Crippen LogP contribution is -2.13. The van der Waals surface area contributed by atoms with Gasteiger partial charge in [-0.1, -0.05) is 44.0 Å². The second-order valence-electron chi connectivity index (χ2n) is 5.51. The number of nitrogens with one attached hydrogen (secondary N) is 2. The van der Waals surface area contributed by atoms with Crippen LogP contribution in [0, 0.1) is 0 Å². The second kappa shape index (κ2) is 8.29. The number of carbonyl (C=O) groups excluding carboxylic acids is 2. The molecule has 0 spiro atoms. The summed E-state index contributed by atoms with van der Waals surface area (Å²) in [4.78, 5) is 24.5. The lowest BCUT2D eigenvalue weighted by molar-refractivity contribution is 0.101. The minimum Gasteiger partial charge on any atom is -0.322 e. The van der Waals surface area contributed by atoms with E-state index in [1.165, 1.54) is 0 Å². The number of hydrogen-bond acceptors (Lipinski definition) is 2. The van der Waals surface area contributed by atoms with E-state index in [1.54, 1.807) is 60.7 Å². The maximum Gasteiger partial charge on any atom is 0.255 e. The van der Waals surface area contributed by atoms with Crippen molar-refractivity contribution in [1.29, 1.82) is 0 Å². The third-order valence-corrected chi connectivity index (χ3v) is 4.56. The zero-order valence-electron chi connectivity index (χ0n) is 13.5. The minimum absolute atomic E-state index is 0.197. The molecule has 0 unspecified atom stereocenters. The number of rotatable bonds is 4. The Hall–Kier alpha value is -2.44. The molecule has 26 heavy (non-hydrogen) atoms. The van der Waals surface area contributed by atoms with Gasteiger partial charge in [-0.2, -0.15) is 0 Å². The van der Waals surface area contributed by atoms with E-state index < -0.39 is 0 Å². The van der Waals surface area contributed by atoms with Crippen molar-refractivity contribution >= 4 is 55.0 Å². The van der Waals surface area contributed by atoms with Crippen LogP contribution in [-0.2, 0) is 0 Å². The summed E-state index contributed by atoms with van der Waals surface area (Å²) in [5.41, 5.74) is 2.42. The first-order chi connectivity index (χ1) is 12.5. The van der Waals surface area contributed by atoms with E-state index in [-0.39, 0.29) is 11.8 Å². The van der Waals surface area contributed by atoms with Crippen LogP contribution in [0.2, 0.25) is 0 Å². The molecular formula is C20H14Br2N2O2. The Morgan fingerprint density at radius 1 is 0.615 bits per heavy atom. The fraction of sp³-hybridized carbons (Fsp3) is 0. The predicted octanol–water partition coefficient (Wildman–Crippen LogP) is 5.72. The molecule has 0 bridgehead atoms. The Kier molecular flexibility index (Phi) is 5.85. The van der Waals surface area contributed by atoms with Gasteiger partial charge in [0.15, 0.2) is 0 Å². The van der Waals surface area contributed by atoms with E-state index in [9.17, 15) is 9.59 Å². The standard InChI is InChI=1S/C20H14Br2N2O2/c21-15-5-1-3-13(11-15)19(25)23-17-7-9-18(10-8-17)24-20(26)14-4-2-6-16(22)12-14/h1-12H,(H,23,25)(H,24,26). The Labute approximate surface area is 167 Å². The molecule has 0 fully saturated rings. The molecule has 0 aliphatic heterocycles. The van der Waals surface area contributed by atoms with E-state index in [2.05, 4.69) is 42.5 Å². The number of halogens is 2. The summed E-state index contributed by atoms with van der Waals surface area (Å²) in [5, 5.41) is 5.65. The lowest BCUT2D eigenvalue weighted by Gasteiger charge is -2.08. The highest BCUT2D eigenvalue weighted by Gasteiger charge is 2.08. The minimum atomic E-state index is -0.197. The van der Waals surface area contributed by atoms with Crippen LogP contribution in [0.5, 0.6) is 0 Å². The highest BCUT2D eigenvalue weighted by Crippen LogP contribution is 2.18. The zero-order chi connectivity index (χ0) is 18.5. The number of amides is 2. The van der Waals surface area contributed by atoms with Crippen LogP contribution in [0.3, 0.4) is 0 Å². The summed E-state index contributed by atoms with van der Waals surface area (Å²) in [6.07, 6.45) is 0. The van der Waals surface area contributed by atoms with Crippen molar-refractivity contribution < 1.29 is 9.59 Å². The third-order valence-electron chi connectivity index (χ3n) is 3.57. The highest BCUT2D eigenvalue weighted by molar-refractivity contribution is 9.10. The van der Waals surface area contributed by atoms with Gasteiger partial charge in [-0.25, -0.2) is 0 Å². The van der Waals surface area contributed by atoms with Crippen molar-refractivity contribution in [3.63, 3.8) is 0 Å². The van der Waals surface area contributed by atoms with Crippen molar-refractivity contribution in [3.05, 3.63) is 92.9 Å². The van der Waals surface area contributed by atoms with Crippen molar-refractivity contribution in [2.75, 3.05) is 10.6 Å². The molecule has 3 rings (SSSR count). The van der Waals surface area contributed by atoms with Gasteiger partial charge in [0, 0.05) is 31.4 Å². The zero-order valence-corrected chi connectivity index (χ0v) is 16.7. The van der Waals surface area contributed by atoms with E-state index in [0.29, 0.717) is 22.5 Å². The van der Waals surface area contributed by atoms with Crippen molar-refractivity contribution in [3.8, 4) is 0 Å². The monoisotopic (exact) mass is 472 g/mol. The SMILES string of the molecule is O=C(Nc1ccc(NC(=O)c2cccc(Br)c2)cc1)c1cccc(Br)c1. The number of anilines is 2. The molecule has 0 saturated carbocycles. The normalized spacial score (nSPS) is 10.2. The third kappa shape index (κ3) is 4.80. The molecule has 0 radical (unpaired) electrons. The number of benzene rings is 3. The first-order valence-corrected chi connectivity index (χ1v) is 9.34. The number of hydrogen-bond donors (Lipinski definition) is 2. The van der Waals surface area contributed by atoms with Crippen molar-refractivity contribution in [2.45, 2.75) is 0 Å². The summed E-state index contributed by atoms with van der Waals surface area (Å²) in [6, 6.07) is 21.3. The van der Waals surface area contributed by atoms with Crippen LogP contribution in [0.1, 0.15) is 20.7 Å². The van der Waals surface area contributed by atoms with Gasteiger partial charge in [-0.3, -0.25) is 9.59 Å². The molecule has 3 aromatic carbocycles. The van der Waals surface area contributed by atoms with Crippen LogP contribution in [-0.4, -0.2) is 11.8 Å². The molecule has 0 aliphatic rings. The molecule has 6 heteroatoms. The Bertz CT molecular complexity index is 878. The van der Waals surface area contributed by atoms with Crippen LogP contribution < -0.4 is 10.6 Å². The fourth-order valence-electron chi connectivity index (χ4n) is 2.30. The predicted molar refractivity (Wildman–Crippen MR) is 111 cm³/mol. The van der Waals surface area contributed by atoms with Gasteiger partial charge >= 0.3 is 0 Å². The molecule has 3 aromatic rings. The largest absolute Gasteiger partial charge is 0.322 e. The molecule has 2 N–H and O–H groups in total. The Balaban J connectivity index is 1.65. The molecule has 0 saturated heterocycles. The average molecular weight is 474 g/mol. The molecule has 2 amide bonds. The molecule has 130 valence electrons. The summed E-state index contributed by atoms with van der Waals surface area (Å²) in [5.74, 6) is -0.394. The summed E-state index contributed by atoms with van der Waals surface area (Å²) < 4.78 is 1.69. The van der Waals surface area contributed by atoms with Gasteiger partial charge in [0.25, 0.3) is 11.8 Å². The van der Waals surface area contributed by atoms with Crippen molar-refractivity contribution in [1.82, 2.24) is 0 Å². The lowest BCUT2D eigenvalue weighted by atomic mass is 10.2. The molecule has 0 aliphatic carbocycles. The van der Waals surface area contributed by atoms with Gasteiger partial charge in [-0.05, 0) is 60.7 Å². The topological polar surface area (TPSA) is 58.2 Å². The summed E-state index contributed by atoms with van der Waals surface area (Å²) in [7, 11) is 0. The maximum atomic E-state index is 12.2. The Morgan fingerprint density at radius 2 is 1.00 bits per heavy atom. The van der Waals surface area contributed by atoms with Gasteiger partial charge < -0.3 is 10.6 Å². The quantitative estimate of drug-likeness (QED) is 0.509. The van der Waals surface area contributed by atoms with E-state index in [4.69, 9.17) is 0 Å². The first kappa shape index (κ1) is 18.4. The van der Waals surface area contributed by atoms with Crippen LogP contribution >= 0.6 is 31.9 Å². The van der Waals surface area contributed by atoms with Crippen LogP contribution in [0.4, 0.5) is 11.4 Å². The second-order valence-corrected chi connectivity index (χ2v) is 7.34. The van der Waals surface area contributed by atoms with E-state index in [1.807, 2.05) is 12.1 Å². The maximum absolute atomic E-state index is 12.2. The van der Waals surface area contributed by atoms with Gasteiger partial charge in [0.05, 0.1) is 0 Å². The van der Waals surface area contributed by atoms with E-state index in [0.717, 1.165) is 8.95 Å². The molecule has 4 nitrogen and oxygen atoms in total. The van der Waals surface area contributed by atoms with Gasteiger partial charge in [0.2, 0.25) is 0 Å². The Morgan fingerprint density at radius 3 is 1.35 bits per heavy atom. The number of carbonyl (C=O) groups is 2. The fourth-order valence-corrected chi connectivity index (χ4v) is 3.10. The van der Waals surface area contributed by atoms with Crippen LogP contribution in [0.25, 0.3) is 0 Å². The van der Waals surface area contributed by atoms with Gasteiger partial charge in [-0.15, -0.1) is 0 Å². The van der Waals surface area contributed by atoms with Gasteiger partial charge in [0.1, 0.15) is 0 Å². The van der Waals surface area contributed by atoms with Crippen molar-refractivity contribution in [2.24, 2.45) is 0 Å².